The summed E-state index contributed by atoms with van der Waals surface area (Å²) in [4.78, 5) is 24.2. The van der Waals surface area contributed by atoms with Crippen LogP contribution < -0.4 is 20.1 Å². The summed E-state index contributed by atoms with van der Waals surface area (Å²) < 4.78 is 33.0. The molecule has 1 unspecified atom stereocenters. The van der Waals surface area contributed by atoms with E-state index in [0.29, 0.717) is 29.3 Å². The van der Waals surface area contributed by atoms with E-state index in [-0.39, 0.29) is 10.8 Å². The van der Waals surface area contributed by atoms with Gasteiger partial charge >= 0.3 is 0 Å². The molecular formula is C20H25N3O5S2. The number of methoxy groups -OCH3 is 1. The van der Waals surface area contributed by atoms with Crippen LogP contribution in [0, 0.1) is 0 Å². The summed E-state index contributed by atoms with van der Waals surface area (Å²) in [5.41, 5.74) is 0.880. The summed E-state index contributed by atoms with van der Waals surface area (Å²) in [6.45, 7) is 1.38. The molecule has 30 heavy (non-hydrogen) atoms. The molecule has 162 valence electrons. The summed E-state index contributed by atoms with van der Waals surface area (Å²) >= 11 is 1.51. The van der Waals surface area contributed by atoms with E-state index in [2.05, 4.69) is 15.4 Å². The minimum absolute atomic E-state index is 0.0910. The third kappa shape index (κ3) is 6.75. The quantitative estimate of drug-likeness (QED) is 0.512. The van der Waals surface area contributed by atoms with Gasteiger partial charge in [-0.1, -0.05) is 18.2 Å². The van der Waals surface area contributed by atoms with Gasteiger partial charge in [0.25, 0.3) is 0 Å². The monoisotopic (exact) mass is 451 g/mol. The number of carbonyl (C=O) groups is 2. The molecule has 0 saturated carbocycles. The summed E-state index contributed by atoms with van der Waals surface area (Å²) in [6.07, 6.45) is 2.20. The second-order valence-electron chi connectivity index (χ2n) is 6.35. The molecule has 0 fully saturated rings. The van der Waals surface area contributed by atoms with Gasteiger partial charge in [-0.2, -0.15) is 16.5 Å². The Hall–Kier alpha value is -2.56. The van der Waals surface area contributed by atoms with Gasteiger partial charge in [-0.3, -0.25) is 9.59 Å². The Kier molecular flexibility index (Phi) is 8.70. The van der Waals surface area contributed by atoms with E-state index in [4.69, 9.17) is 4.74 Å². The van der Waals surface area contributed by atoms with Crippen molar-refractivity contribution in [2.75, 3.05) is 29.8 Å². The van der Waals surface area contributed by atoms with E-state index in [1.807, 2.05) is 6.26 Å². The minimum atomic E-state index is -3.85. The van der Waals surface area contributed by atoms with Gasteiger partial charge in [-0.25, -0.2) is 8.42 Å². The van der Waals surface area contributed by atoms with Crippen LogP contribution >= 0.6 is 11.8 Å². The van der Waals surface area contributed by atoms with Crippen LogP contribution in [0.3, 0.4) is 0 Å². The second kappa shape index (κ2) is 11.0. The molecule has 2 rings (SSSR count). The third-order valence-electron chi connectivity index (χ3n) is 4.06. The topological polar surface area (TPSA) is 114 Å². The minimum Gasteiger partial charge on any atom is -0.494 e. The molecule has 3 N–H and O–H groups in total. The molecule has 2 aromatic rings. The van der Waals surface area contributed by atoms with Crippen molar-refractivity contribution in [1.29, 1.82) is 0 Å². The average molecular weight is 452 g/mol. The highest BCUT2D eigenvalue weighted by Crippen LogP contribution is 2.28. The number of ether oxygens (including phenoxy) is 1. The van der Waals surface area contributed by atoms with Crippen LogP contribution in [0.25, 0.3) is 0 Å². The Balaban J connectivity index is 2.20. The van der Waals surface area contributed by atoms with Crippen LogP contribution in [0.4, 0.5) is 11.4 Å². The number of sulfonamides is 1. The molecule has 0 aliphatic rings. The lowest BCUT2D eigenvalue weighted by Gasteiger charge is -2.19. The largest absolute Gasteiger partial charge is 0.494 e. The summed E-state index contributed by atoms with van der Waals surface area (Å²) in [5.74, 6) is 0.226. The first-order valence-electron chi connectivity index (χ1n) is 9.09. The molecule has 0 saturated heterocycles. The predicted molar refractivity (Wildman–Crippen MR) is 119 cm³/mol. The number of carbonyl (C=O) groups excluding carboxylic acids is 2. The van der Waals surface area contributed by atoms with E-state index in [0.717, 1.165) is 0 Å². The molecule has 0 aliphatic heterocycles. The van der Waals surface area contributed by atoms with Crippen LogP contribution in [0.5, 0.6) is 5.75 Å². The number of hydrogen-bond acceptors (Lipinski definition) is 6. The first-order chi connectivity index (χ1) is 14.3. The van der Waals surface area contributed by atoms with Crippen LogP contribution in [0.2, 0.25) is 0 Å². The molecule has 0 radical (unpaired) electrons. The molecule has 2 amide bonds. The van der Waals surface area contributed by atoms with Crippen LogP contribution in [-0.2, 0) is 19.6 Å². The van der Waals surface area contributed by atoms with Crippen molar-refractivity contribution in [2.45, 2.75) is 24.3 Å². The van der Waals surface area contributed by atoms with Crippen molar-refractivity contribution in [3.05, 3.63) is 48.5 Å². The van der Waals surface area contributed by atoms with Gasteiger partial charge in [0.05, 0.1) is 17.7 Å². The van der Waals surface area contributed by atoms with E-state index < -0.39 is 22.0 Å². The number of benzene rings is 2. The van der Waals surface area contributed by atoms with E-state index in [1.165, 1.54) is 37.9 Å². The Morgan fingerprint density at radius 2 is 1.80 bits per heavy atom. The lowest BCUT2D eigenvalue weighted by molar-refractivity contribution is -0.117. The number of anilines is 2. The highest BCUT2D eigenvalue weighted by Gasteiger charge is 2.25. The zero-order chi connectivity index (χ0) is 22.1. The number of hydrogen-bond donors (Lipinski definition) is 3. The molecular weight excluding hydrogens is 426 g/mol. The van der Waals surface area contributed by atoms with Gasteiger partial charge in [0, 0.05) is 18.7 Å². The fourth-order valence-corrected chi connectivity index (χ4v) is 4.35. The SMILES string of the molecule is COc1cc(NC(=O)C(CCSC)NS(=O)(=O)c2ccccc2)ccc1NC(C)=O. The second-order valence-corrected chi connectivity index (χ2v) is 9.05. The standard InChI is InChI=1S/C20H25N3O5S2/c1-14(24)21-17-10-9-15(13-19(17)28-2)22-20(25)18(11-12-29-3)23-30(26,27)16-7-5-4-6-8-16/h4-10,13,18,23H,11-12H2,1-3H3,(H,21,24)(H,22,25). The maximum atomic E-state index is 12.8. The van der Waals surface area contributed by atoms with Gasteiger partial charge in [-0.05, 0) is 42.7 Å². The molecule has 2 aromatic carbocycles. The summed E-state index contributed by atoms with van der Waals surface area (Å²) in [6, 6.07) is 11.7. The lowest BCUT2D eigenvalue weighted by Crippen LogP contribution is -2.44. The van der Waals surface area contributed by atoms with Gasteiger partial charge in [-0.15, -0.1) is 0 Å². The van der Waals surface area contributed by atoms with E-state index in [1.54, 1.807) is 36.4 Å². The number of amides is 2. The Morgan fingerprint density at radius 3 is 2.40 bits per heavy atom. The molecule has 0 aliphatic carbocycles. The van der Waals surface area contributed by atoms with Gasteiger partial charge in [0.1, 0.15) is 11.8 Å². The summed E-state index contributed by atoms with van der Waals surface area (Å²) in [5, 5.41) is 5.35. The Morgan fingerprint density at radius 1 is 1.10 bits per heavy atom. The van der Waals surface area contributed by atoms with Gasteiger partial charge < -0.3 is 15.4 Å². The van der Waals surface area contributed by atoms with E-state index in [9.17, 15) is 18.0 Å². The number of rotatable bonds is 10. The molecule has 0 bridgehead atoms. The van der Waals surface area contributed by atoms with Crippen molar-refractivity contribution < 1.29 is 22.7 Å². The Bertz CT molecular complexity index is 981. The highest BCUT2D eigenvalue weighted by atomic mass is 32.2. The molecule has 0 heterocycles. The first kappa shape index (κ1) is 23.7. The highest BCUT2D eigenvalue weighted by molar-refractivity contribution is 7.98. The number of thioether (sulfide) groups is 1. The zero-order valence-corrected chi connectivity index (χ0v) is 18.6. The van der Waals surface area contributed by atoms with Crippen molar-refractivity contribution in [3.8, 4) is 5.75 Å². The normalized spacial score (nSPS) is 12.1. The lowest BCUT2D eigenvalue weighted by atomic mass is 10.2. The summed E-state index contributed by atoms with van der Waals surface area (Å²) in [7, 11) is -2.41. The fraction of sp³-hybridized carbons (Fsp3) is 0.300. The molecule has 0 spiro atoms. The van der Waals surface area contributed by atoms with Gasteiger partial charge in [0.2, 0.25) is 21.8 Å². The smallest absolute Gasteiger partial charge is 0.242 e. The van der Waals surface area contributed by atoms with Crippen molar-refractivity contribution in [2.24, 2.45) is 0 Å². The number of nitrogens with one attached hydrogen (secondary N) is 3. The predicted octanol–water partition coefficient (Wildman–Crippen LogP) is 2.69. The third-order valence-corrected chi connectivity index (χ3v) is 6.19. The van der Waals surface area contributed by atoms with Crippen molar-refractivity contribution in [3.63, 3.8) is 0 Å². The van der Waals surface area contributed by atoms with Crippen molar-refractivity contribution >= 4 is 45.0 Å². The molecule has 1 atom stereocenters. The maximum absolute atomic E-state index is 12.8. The van der Waals surface area contributed by atoms with Gasteiger partial charge in [0.15, 0.2) is 0 Å². The van der Waals surface area contributed by atoms with Crippen molar-refractivity contribution in [1.82, 2.24) is 4.72 Å². The van der Waals surface area contributed by atoms with Crippen LogP contribution in [0.1, 0.15) is 13.3 Å². The maximum Gasteiger partial charge on any atom is 0.242 e. The van der Waals surface area contributed by atoms with Crippen LogP contribution in [0.15, 0.2) is 53.4 Å². The molecule has 0 aromatic heterocycles. The Labute approximate surface area is 180 Å². The van der Waals surface area contributed by atoms with E-state index >= 15 is 0 Å². The van der Waals surface area contributed by atoms with Crippen LogP contribution in [-0.4, -0.2) is 45.4 Å². The first-order valence-corrected chi connectivity index (χ1v) is 12.0. The fourth-order valence-electron chi connectivity index (χ4n) is 2.63. The average Bonchev–Trinajstić information content (AvgIpc) is 2.72. The molecule has 10 heteroatoms. The zero-order valence-electron chi connectivity index (χ0n) is 17.0. The molecule has 8 nitrogen and oxygen atoms in total.